The molecule has 1 aromatic carbocycles. The lowest BCUT2D eigenvalue weighted by Crippen LogP contribution is -2.28. The molecule has 1 saturated heterocycles. The number of aromatic nitrogens is 3. The summed E-state index contributed by atoms with van der Waals surface area (Å²) in [5.41, 5.74) is 2.98. The van der Waals surface area contributed by atoms with E-state index in [4.69, 9.17) is 5.10 Å². The molecule has 5 rings (SSSR count). The Kier molecular flexibility index (Phi) is 3.97. The van der Waals surface area contributed by atoms with Gasteiger partial charge in [0.05, 0.1) is 22.3 Å². The van der Waals surface area contributed by atoms with Crippen molar-refractivity contribution in [3.05, 3.63) is 40.3 Å². The number of nitrogens with one attached hydrogen (secondary N) is 3. The standard InChI is InChI=1S/C20H23N5O2/c26-17-11-16(12-7-9-21-10-8-12)25-19(23-17)18-14(5-2-6-15(18)24-25)22-20(27)13-3-1-4-13/h2,5-6,11-13,21H,1,3-4,7-10H2,(H,22,27)(H,23,26). The molecule has 7 heteroatoms. The number of rotatable bonds is 3. The van der Waals surface area contributed by atoms with Crippen LogP contribution in [0.3, 0.4) is 0 Å². The van der Waals surface area contributed by atoms with E-state index >= 15 is 0 Å². The van der Waals surface area contributed by atoms with Gasteiger partial charge in [-0.25, -0.2) is 4.52 Å². The highest BCUT2D eigenvalue weighted by atomic mass is 16.2. The van der Waals surface area contributed by atoms with Gasteiger partial charge in [0, 0.05) is 17.9 Å². The fraction of sp³-hybridized carbons (Fsp3) is 0.450. The summed E-state index contributed by atoms with van der Waals surface area (Å²) in [7, 11) is 0. The summed E-state index contributed by atoms with van der Waals surface area (Å²) in [6.07, 6.45) is 4.99. The number of H-pyrrole nitrogens is 1. The van der Waals surface area contributed by atoms with Gasteiger partial charge < -0.3 is 15.6 Å². The van der Waals surface area contributed by atoms with Gasteiger partial charge in [0.25, 0.3) is 5.56 Å². The lowest BCUT2D eigenvalue weighted by molar-refractivity contribution is -0.122. The number of aromatic amines is 1. The molecular weight excluding hydrogens is 342 g/mol. The fourth-order valence-electron chi connectivity index (χ4n) is 4.20. The van der Waals surface area contributed by atoms with Gasteiger partial charge >= 0.3 is 0 Å². The van der Waals surface area contributed by atoms with Crippen molar-refractivity contribution in [2.24, 2.45) is 5.92 Å². The maximum atomic E-state index is 12.5. The van der Waals surface area contributed by atoms with Crippen LogP contribution >= 0.6 is 0 Å². The lowest BCUT2D eigenvalue weighted by atomic mass is 9.85. The minimum atomic E-state index is -0.127. The van der Waals surface area contributed by atoms with E-state index in [0.717, 1.165) is 67.5 Å². The maximum absolute atomic E-state index is 12.5. The summed E-state index contributed by atoms with van der Waals surface area (Å²) >= 11 is 0. The number of fused-ring (bicyclic) bond motifs is 3. The van der Waals surface area contributed by atoms with Crippen LogP contribution in [0.2, 0.25) is 0 Å². The second kappa shape index (κ2) is 6.49. The second-order valence-electron chi connectivity index (χ2n) is 7.66. The summed E-state index contributed by atoms with van der Waals surface area (Å²) in [6, 6.07) is 7.37. The highest BCUT2D eigenvalue weighted by molar-refractivity contribution is 6.07. The average Bonchev–Trinajstić information content (AvgIpc) is 2.99. The molecule has 7 nitrogen and oxygen atoms in total. The van der Waals surface area contributed by atoms with E-state index in [0.29, 0.717) is 11.6 Å². The molecule has 1 saturated carbocycles. The zero-order valence-electron chi connectivity index (χ0n) is 15.1. The number of hydrogen-bond acceptors (Lipinski definition) is 4. The van der Waals surface area contributed by atoms with Crippen molar-refractivity contribution in [3.63, 3.8) is 0 Å². The zero-order valence-corrected chi connectivity index (χ0v) is 15.1. The van der Waals surface area contributed by atoms with Crippen molar-refractivity contribution in [1.82, 2.24) is 19.9 Å². The summed E-state index contributed by atoms with van der Waals surface area (Å²) in [4.78, 5) is 27.8. The normalized spacial score (nSPS) is 18.7. The number of carbonyl (C=O) groups is 1. The second-order valence-corrected chi connectivity index (χ2v) is 7.66. The number of nitrogens with zero attached hydrogens (tertiary/aromatic N) is 2. The average molecular weight is 365 g/mol. The van der Waals surface area contributed by atoms with Gasteiger partial charge in [0.2, 0.25) is 5.91 Å². The van der Waals surface area contributed by atoms with Crippen LogP contribution in [-0.4, -0.2) is 33.6 Å². The Morgan fingerprint density at radius 2 is 2.00 bits per heavy atom. The summed E-state index contributed by atoms with van der Waals surface area (Å²) in [5, 5.41) is 12.0. The van der Waals surface area contributed by atoms with Crippen molar-refractivity contribution in [3.8, 4) is 0 Å². The van der Waals surface area contributed by atoms with Crippen molar-refractivity contribution in [2.45, 2.75) is 38.0 Å². The molecule has 2 aromatic heterocycles. The first-order valence-electron chi connectivity index (χ1n) is 9.77. The quantitative estimate of drug-likeness (QED) is 0.665. The Bertz CT molecular complexity index is 1070. The predicted octanol–water partition coefficient (Wildman–Crippen LogP) is 2.38. The molecular formula is C20H23N5O2. The molecule has 2 aliphatic rings. The highest BCUT2D eigenvalue weighted by Crippen LogP contribution is 2.32. The van der Waals surface area contributed by atoms with E-state index in [2.05, 4.69) is 15.6 Å². The Labute approximate surface area is 156 Å². The molecule has 0 unspecified atom stereocenters. The van der Waals surface area contributed by atoms with Crippen LogP contribution in [0, 0.1) is 5.92 Å². The number of carbonyl (C=O) groups excluding carboxylic acids is 1. The number of amides is 1. The van der Waals surface area contributed by atoms with Gasteiger partial charge in [-0.05, 0) is 50.9 Å². The molecule has 1 aliphatic carbocycles. The number of piperidine rings is 1. The Morgan fingerprint density at radius 1 is 1.19 bits per heavy atom. The van der Waals surface area contributed by atoms with E-state index < -0.39 is 0 Å². The largest absolute Gasteiger partial charge is 0.325 e. The first-order chi connectivity index (χ1) is 13.2. The minimum absolute atomic E-state index is 0.0601. The SMILES string of the molecule is O=C(Nc1cccc2nn3c(C4CCNCC4)cc(=O)[nH]c3c12)C1CCC1. The van der Waals surface area contributed by atoms with Gasteiger partial charge in [0.1, 0.15) is 5.65 Å². The lowest BCUT2D eigenvalue weighted by Gasteiger charge is -2.24. The molecule has 27 heavy (non-hydrogen) atoms. The maximum Gasteiger partial charge on any atom is 0.251 e. The third-order valence-corrected chi connectivity index (χ3v) is 5.96. The number of anilines is 1. The van der Waals surface area contributed by atoms with Crippen molar-refractivity contribution in [2.75, 3.05) is 18.4 Å². The fourth-order valence-corrected chi connectivity index (χ4v) is 4.20. The van der Waals surface area contributed by atoms with E-state index in [1.54, 1.807) is 6.07 Å². The van der Waals surface area contributed by atoms with E-state index in [-0.39, 0.29) is 17.4 Å². The van der Waals surface area contributed by atoms with Crippen LogP contribution < -0.4 is 16.2 Å². The summed E-state index contributed by atoms with van der Waals surface area (Å²) in [5.74, 6) is 0.467. The topological polar surface area (TPSA) is 91.3 Å². The number of hydrogen-bond donors (Lipinski definition) is 3. The monoisotopic (exact) mass is 365 g/mol. The Hall–Kier alpha value is -2.67. The molecule has 3 N–H and O–H groups in total. The van der Waals surface area contributed by atoms with E-state index in [9.17, 15) is 9.59 Å². The molecule has 0 radical (unpaired) electrons. The molecule has 3 aromatic rings. The van der Waals surface area contributed by atoms with Crippen LogP contribution in [0.4, 0.5) is 5.69 Å². The molecule has 1 aliphatic heterocycles. The summed E-state index contributed by atoms with van der Waals surface area (Å²) < 4.78 is 1.86. The highest BCUT2D eigenvalue weighted by Gasteiger charge is 2.26. The van der Waals surface area contributed by atoms with E-state index in [1.807, 2.05) is 22.7 Å². The van der Waals surface area contributed by atoms with Gasteiger partial charge in [-0.2, -0.15) is 5.10 Å². The van der Waals surface area contributed by atoms with Gasteiger partial charge in [-0.15, -0.1) is 0 Å². The third-order valence-electron chi connectivity index (χ3n) is 5.96. The van der Waals surface area contributed by atoms with Gasteiger partial charge in [0.15, 0.2) is 0 Å². The predicted molar refractivity (Wildman–Crippen MR) is 104 cm³/mol. The van der Waals surface area contributed by atoms with Crippen molar-refractivity contribution in [1.29, 1.82) is 0 Å². The molecule has 140 valence electrons. The third kappa shape index (κ3) is 2.82. The van der Waals surface area contributed by atoms with Crippen LogP contribution in [0.15, 0.2) is 29.1 Å². The minimum Gasteiger partial charge on any atom is -0.325 e. The van der Waals surface area contributed by atoms with Crippen molar-refractivity contribution < 1.29 is 4.79 Å². The van der Waals surface area contributed by atoms with E-state index in [1.165, 1.54) is 0 Å². The number of benzene rings is 1. The molecule has 2 fully saturated rings. The molecule has 0 bridgehead atoms. The van der Waals surface area contributed by atoms with Crippen LogP contribution in [0.5, 0.6) is 0 Å². The molecule has 0 spiro atoms. The van der Waals surface area contributed by atoms with Gasteiger partial charge in [-0.1, -0.05) is 12.5 Å². The first kappa shape index (κ1) is 16.5. The van der Waals surface area contributed by atoms with Crippen LogP contribution in [0.25, 0.3) is 16.6 Å². The molecule has 1 amide bonds. The van der Waals surface area contributed by atoms with Gasteiger partial charge in [-0.3, -0.25) is 9.59 Å². The first-order valence-corrected chi connectivity index (χ1v) is 9.77. The zero-order chi connectivity index (χ0) is 18.4. The molecule has 0 atom stereocenters. The molecule has 3 heterocycles. The Morgan fingerprint density at radius 3 is 2.74 bits per heavy atom. The summed E-state index contributed by atoms with van der Waals surface area (Å²) in [6.45, 7) is 1.89. The van der Waals surface area contributed by atoms with Crippen LogP contribution in [-0.2, 0) is 4.79 Å². The Balaban J connectivity index is 1.65. The van der Waals surface area contributed by atoms with Crippen molar-refractivity contribution >= 4 is 28.1 Å². The smallest absolute Gasteiger partial charge is 0.251 e. The van der Waals surface area contributed by atoms with Crippen LogP contribution in [0.1, 0.15) is 43.7 Å².